The van der Waals surface area contributed by atoms with Gasteiger partial charge >= 0.3 is 6.36 Å². The molecule has 0 aromatic heterocycles. The second-order valence-electron chi connectivity index (χ2n) is 4.81. The number of ether oxygens (including phenoxy) is 1. The van der Waals surface area contributed by atoms with Gasteiger partial charge in [-0.25, -0.2) is 8.78 Å². The van der Waals surface area contributed by atoms with Crippen LogP contribution in [-0.4, -0.2) is 18.8 Å². The van der Waals surface area contributed by atoms with Crippen molar-refractivity contribution >= 4 is 0 Å². The maximum absolute atomic E-state index is 13.3. The maximum atomic E-state index is 13.3. The van der Waals surface area contributed by atoms with Crippen molar-refractivity contribution in [1.29, 1.82) is 0 Å². The highest BCUT2D eigenvalue weighted by Crippen LogP contribution is 2.63. The molecule has 7 heteroatoms. The molecule has 0 bridgehead atoms. The average molecular weight is 279 g/mol. The van der Waals surface area contributed by atoms with Crippen molar-refractivity contribution in [3.8, 4) is 5.75 Å². The lowest BCUT2D eigenvalue weighted by Gasteiger charge is -2.16. The molecular formula is C12H10F5NO. The fourth-order valence-corrected chi connectivity index (χ4v) is 2.72. The van der Waals surface area contributed by atoms with E-state index in [1.807, 2.05) is 0 Å². The molecule has 1 N–H and O–H groups in total. The average Bonchev–Trinajstić information content (AvgIpc) is 2.70. The molecule has 2 fully saturated rings. The Morgan fingerprint density at radius 2 is 1.79 bits per heavy atom. The van der Waals surface area contributed by atoms with E-state index in [-0.39, 0.29) is 12.3 Å². The van der Waals surface area contributed by atoms with Crippen molar-refractivity contribution in [2.75, 3.05) is 6.54 Å². The number of hydrogen-bond acceptors (Lipinski definition) is 2. The molecule has 104 valence electrons. The van der Waals surface area contributed by atoms with Crippen molar-refractivity contribution in [1.82, 2.24) is 5.32 Å². The summed E-state index contributed by atoms with van der Waals surface area (Å²) in [7, 11) is 0. The van der Waals surface area contributed by atoms with E-state index in [1.54, 1.807) is 0 Å². The summed E-state index contributed by atoms with van der Waals surface area (Å²) in [4.78, 5) is 0. The summed E-state index contributed by atoms with van der Waals surface area (Å²) in [5, 5.41) is 2.95. The quantitative estimate of drug-likeness (QED) is 0.840. The molecule has 1 saturated carbocycles. The summed E-state index contributed by atoms with van der Waals surface area (Å²) >= 11 is 0. The Balaban J connectivity index is 1.73. The fraction of sp³-hybridized carbons (Fsp3) is 0.500. The molecular weight excluding hydrogens is 269 g/mol. The summed E-state index contributed by atoms with van der Waals surface area (Å²) < 4.78 is 66.2. The van der Waals surface area contributed by atoms with E-state index in [0.29, 0.717) is 5.56 Å². The van der Waals surface area contributed by atoms with Gasteiger partial charge in [0.15, 0.2) is 0 Å². The molecule has 3 rings (SSSR count). The molecule has 0 spiro atoms. The van der Waals surface area contributed by atoms with Gasteiger partial charge in [0, 0.05) is 18.5 Å². The van der Waals surface area contributed by atoms with Gasteiger partial charge in [-0.05, 0) is 17.7 Å². The lowest BCUT2D eigenvalue weighted by molar-refractivity contribution is -0.274. The number of fused-ring (bicyclic) bond motifs is 1. The van der Waals surface area contributed by atoms with E-state index >= 15 is 0 Å². The topological polar surface area (TPSA) is 21.3 Å². The van der Waals surface area contributed by atoms with Gasteiger partial charge in [0.05, 0.1) is 5.92 Å². The first-order chi connectivity index (χ1) is 8.79. The van der Waals surface area contributed by atoms with E-state index in [1.165, 1.54) is 12.1 Å². The Morgan fingerprint density at radius 3 is 2.26 bits per heavy atom. The molecule has 1 aliphatic heterocycles. The third-order valence-corrected chi connectivity index (χ3v) is 3.65. The lowest BCUT2D eigenvalue weighted by Crippen LogP contribution is -2.24. The van der Waals surface area contributed by atoms with Gasteiger partial charge in [-0.1, -0.05) is 12.1 Å². The zero-order chi connectivity index (χ0) is 13.8. The molecule has 2 nitrogen and oxygen atoms in total. The summed E-state index contributed by atoms with van der Waals surface area (Å²) in [6, 6.07) is 4.54. The van der Waals surface area contributed by atoms with Crippen LogP contribution in [0.5, 0.6) is 5.75 Å². The standard InChI is InChI=1S/C12H10F5NO/c13-11(14)8-5-18-10(9(8)11)6-1-3-7(4-2-6)19-12(15,16)17/h1-4,8-10,18H,5H2/t8-,9-,10+/m0/s1. The van der Waals surface area contributed by atoms with Gasteiger partial charge in [0.1, 0.15) is 5.75 Å². The van der Waals surface area contributed by atoms with Crippen LogP contribution in [0.4, 0.5) is 22.0 Å². The van der Waals surface area contributed by atoms with Crippen molar-refractivity contribution < 1.29 is 26.7 Å². The van der Waals surface area contributed by atoms with Crippen molar-refractivity contribution in [2.45, 2.75) is 18.3 Å². The smallest absolute Gasteiger partial charge is 0.406 e. The third-order valence-electron chi connectivity index (χ3n) is 3.65. The molecule has 1 aromatic rings. The summed E-state index contributed by atoms with van der Waals surface area (Å²) in [6.07, 6.45) is -4.75. The van der Waals surface area contributed by atoms with Crippen LogP contribution >= 0.6 is 0 Å². The molecule has 1 aliphatic carbocycles. The molecule has 19 heavy (non-hydrogen) atoms. The number of rotatable bonds is 2. The van der Waals surface area contributed by atoms with Gasteiger partial charge in [-0.2, -0.15) is 0 Å². The SMILES string of the molecule is FC(F)(F)Oc1ccc([C@H]2NC[C@H]3[C@@H]2C3(F)F)cc1. The van der Waals surface area contributed by atoms with Gasteiger partial charge in [0.25, 0.3) is 5.92 Å². The fourth-order valence-electron chi connectivity index (χ4n) is 2.72. The van der Waals surface area contributed by atoms with Crippen molar-refractivity contribution in [2.24, 2.45) is 11.8 Å². The Labute approximate surface area is 105 Å². The molecule has 1 saturated heterocycles. The minimum atomic E-state index is -4.75. The van der Waals surface area contributed by atoms with E-state index < -0.39 is 30.2 Å². The minimum Gasteiger partial charge on any atom is -0.406 e. The first-order valence-corrected chi connectivity index (χ1v) is 5.76. The van der Waals surface area contributed by atoms with Crippen molar-refractivity contribution in [3.05, 3.63) is 29.8 Å². The molecule has 1 heterocycles. The minimum absolute atomic E-state index is 0.239. The Bertz CT molecular complexity index is 484. The summed E-state index contributed by atoms with van der Waals surface area (Å²) in [5.41, 5.74) is 0.555. The van der Waals surface area contributed by atoms with E-state index in [9.17, 15) is 22.0 Å². The number of hydrogen-bond donors (Lipinski definition) is 1. The highest BCUT2D eigenvalue weighted by atomic mass is 19.4. The third kappa shape index (κ3) is 2.16. The highest BCUT2D eigenvalue weighted by molar-refractivity contribution is 5.33. The van der Waals surface area contributed by atoms with Gasteiger partial charge < -0.3 is 10.1 Å². The Hall–Kier alpha value is -1.37. The first kappa shape index (κ1) is 12.7. The molecule has 0 amide bonds. The van der Waals surface area contributed by atoms with E-state index in [0.717, 1.165) is 12.1 Å². The van der Waals surface area contributed by atoms with Gasteiger partial charge in [-0.15, -0.1) is 13.2 Å². The predicted octanol–water partition coefficient (Wildman–Crippen LogP) is 3.11. The molecule has 0 radical (unpaired) electrons. The molecule has 0 unspecified atom stereocenters. The van der Waals surface area contributed by atoms with E-state index in [2.05, 4.69) is 10.1 Å². The number of alkyl halides is 5. The number of benzene rings is 1. The van der Waals surface area contributed by atoms with Crippen LogP contribution in [0.2, 0.25) is 0 Å². The second kappa shape index (κ2) is 3.82. The Morgan fingerprint density at radius 1 is 1.16 bits per heavy atom. The van der Waals surface area contributed by atoms with Crippen LogP contribution in [0.1, 0.15) is 11.6 Å². The number of piperidine rings is 1. The first-order valence-electron chi connectivity index (χ1n) is 5.76. The highest BCUT2D eigenvalue weighted by Gasteiger charge is 2.73. The van der Waals surface area contributed by atoms with Crippen LogP contribution in [-0.2, 0) is 0 Å². The van der Waals surface area contributed by atoms with Crippen molar-refractivity contribution in [3.63, 3.8) is 0 Å². The summed E-state index contributed by atoms with van der Waals surface area (Å²) in [5.74, 6) is -4.41. The van der Waals surface area contributed by atoms with Crippen LogP contribution < -0.4 is 10.1 Å². The second-order valence-corrected chi connectivity index (χ2v) is 4.81. The maximum Gasteiger partial charge on any atom is 0.573 e. The van der Waals surface area contributed by atoms with Crippen LogP contribution in [0.25, 0.3) is 0 Å². The monoisotopic (exact) mass is 279 g/mol. The molecule has 1 aromatic carbocycles. The number of halogens is 5. The predicted molar refractivity (Wildman–Crippen MR) is 55.8 cm³/mol. The van der Waals surface area contributed by atoms with E-state index in [4.69, 9.17) is 0 Å². The molecule has 3 atom stereocenters. The van der Waals surface area contributed by atoms with Crippen LogP contribution in [0.15, 0.2) is 24.3 Å². The normalized spacial score (nSPS) is 31.9. The lowest BCUT2D eigenvalue weighted by atomic mass is 10.0. The van der Waals surface area contributed by atoms with Crippen LogP contribution in [0, 0.1) is 11.8 Å². The summed E-state index contributed by atoms with van der Waals surface area (Å²) in [6.45, 7) is 0.239. The number of nitrogens with one attached hydrogen (secondary N) is 1. The van der Waals surface area contributed by atoms with Crippen LogP contribution in [0.3, 0.4) is 0 Å². The molecule has 2 aliphatic rings. The zero-order valence-corrected chi connectivity index (χ0v) is 9.55. The largest absolute Gasteiger partial charge is 0.573 e. The Kier molecular flexibility index (Phi) is 2.54. The zero-order valence-electron chi connectivity index (χ0n) is 9.55. The van der Waals surface area contributed by atoms with Gasteiger partial charge in [-0.3, -0.25) is 0 Å². The van der Waals surface area contributed by atoms with Gasteiger partial charge in [0.2, 0.25) is 0 Å².